The van der Waals surface area contributed by atoms with Gasteiger partial charge in [0.15, 0.2) is 11.5 Å². The van der Waals surface area contributed by atoms with Crippen molar-refractivity contribution in [3.05, 3.63) is 66.0 Å². The molecule has 1 N–H and O–H groups in total. The lowest BCUT2D eigenvalue weighted by Gasteiger charge is -2.22. The number of amides is 1. The van der Waals surface area contributed by atoms with E-state index < -0.39 is 0 Å². The standard InChI is InChI=1S/C25H29BN4O4/c1-4-11-30(12-13-34-23-8-6-5-7-22(23)33-3)25-28-16-19(17-29-25)24(31)27-15-18-14-20(26)9-10-21(18)32-2/h5-10,14,16-17H,4,11-13,15H2,1-3H3,(H,27,31). The average molecular weight is 460 g/mol. The molecule has 3 rings (SSSR count). The minimum atomic E-state index is -0.280. The van der Waals surface area contributed by atoms with E-state index in [1.54, 1.807) is 32.4 Å². The van der Waals surface area contributed by atoms with Gasteiger partial charge in [-0.15, -0.1) is 0 Å². The number of para-hydroxylation sites is 2. The van der Waals surface area contributed by atoms with E-state index in [2.05, 4.69) is 22.2 Å². The number of rotatable bonds is 12. The van der Waals surface area contributed by atoms with Crippen molar-refractivity contribution in [3.8, 4) is 17.2 Å². The molecule has 0 aliphatic heterocycles. The molecule has 1 heterocycles. The second-order valence-corrected chi connectivity index (χ2v) is 7.51. The summed E-state index contributed by atoms with van der Waals surface area (Å²) in [6, 6.07) is 12.8. The minimum absolute atomic E-state index is 0.275. The lowest BCUT2D eigenvalue weighted by molar-refractivity contribution is 0.0950. The van der Waals surface area contributed by atoms with Gasteiger partial charge in [0.1, 0.15) is 20.2 Å². The summed E-state index contributed by atoms with van der Waals surface area (Å²) in [5, 5.41) is 2.85. The van der Waals surface area contributed by atoms with Crippen LogP contribution in [0.25, 0.3) is 0 Å². The Hall–Kier alpha value is -3.75. The molecule has 0 unspecified atom stereocenters. The molecule has 0 saturated carbocycles. The Balaban J connectivity index is 1.59. The first kappa shape index (κ1) is 24.9. The molecule has 176 valence electrons. The highest BCUT2D eigenvalue weighted by Crippen LogP contribution is 2.25. The van der Waals surface area contributed by atoms with Crippen molar-refractivity contribution in [2.75, 3.05) is 38.8 Å². The highest BCUT2D eigenvalue weighted by atomic mass is 16.5. The molecule has 0 aliphatic rings. The molecule has 0 bridgehead atoms. The fourth-order valence-electron chi connectivity index (χ4n) is 3.40. The molecule has 1 amide bonds. The summed E-state index contributed by atoms with van der Waals surface area (Å²) < 4.78 is 16.5. The van der Waals surface area contributed by atoms with Crippen molar-refractivity contribution >= 4 is 25.2 Å². The van der Waals surface area contributed by atoms with Crippen molar-refractivity contribution < 1.29 is 19.0 Å². The molecule has 9 heteroatoms. The predicted octanol–water partition coefficient (Wildman–Crippen LogP) is 2.51. The first-order chi connectivity index (χ1) is 16.5. The van der Waals surface area contributed by atoms with Crippen LogP contribution in [0.3, 0.4) is 0 Å². The zero-order valence-corrected chi connectivity index (χ0v) is 19.8. The van der Waals surface area contributed by atoms with Crippen molar-refractivity contribution in [2.24, 2.45) is 0 Å². The Bertz CT molecular complexity index is 1080. The van der Waals surface area contributed by atoms with Crippen LogP contribution in [0.15, 0.2) is 54.9 Å². The molecule has 2 radical (unpaired) electrons. The van der Waals surface area contributed by atoms with Crippen LogP contribution >= 0.6 is 0 Å². The largest absolute Gasteiger partial charge is 0.496 e. The monoisotopic (exact) mass is 460 g/mol. The number of nitrogens with one attached hydrogen (secondary N) is 1. The topological polar surface area (TPSA) is 85.8 Å². The van der Waals surface area contributed by atoms with Gasteiger partial charge < -0.3 is 24.4 Å². The number of methoxy groups -OCH3 is 2. The zero-order valence-electron chi connectivity index (χ0n) is 19.8. The molecule has 1 aromatic heterocycles. The summed E-state index contributed by atoms with van der Waals surface area (Å²) in [5.41, 5.74) is 1.76. The number of nitrogens with zero attached hydrogens (tertiary/aromatic N) is 3. The highest BCUT2D eigenvalue weighted by molar-refractivity contribution is 6.32. The molecule has 2 aromatic carbocycles. The first-order valence-electron chi connectivity index (χ1n) is 11.1. The third-order valence-corrected chi connectivity index (χ3v) is 5.11. The lowest BCUT2D eigenvalue weighted by atomic mass is 9.94. The van der Waals surface area contributed by atoms with Crippen LogP contribution in [0.1, 0.15) is 29.3 Å². The number of aromatic nitrogens is 2. The molecule has 0 fully saturated rings. The summed E-state index contributed by atoms with van der Waals surface area (Å²) in [4.78, 5) is 23.4. The summed E-state index contributed by atoms with van der Waals surface area (Å²) in [7, 11) is 9.03. The molecular formula is C25H29BN4O4. The van der Waals surface area contributed by atoms with E-state index in [1.165, 1.54) is 12.4 Å². The van der Waals surface area contributed by atoms with Crippen LogP contribution in [-0.2, 0) is 6.54 Å². The van der Waals surface area contributed by atoms with Crippen molar-refractivity contribution in [3.63, 3.8) is 0 Å². The molecule has 0 atom stereocenters. The van der Waals surface area contributed by atoms with Crippen LogP contribution in [-0.4, -0.2) is 57.6 Å². The molecular weight excluding hydrogens is 431 g/mol. The Morgan fingerprint density at radius 3 is 2.38 bits per heavy atom. The van der Waals surface area contributed by atoms with Crippen molar-refractivity contribution in [1.29, 1.82) is 0 Å². The van der Waals surface area contributed by atoms with E-state index >= 15 is 0 Å². The predicted molar refractivity (Wildman–Crippen MR) is 133 cm³/mol. The molecule has 34 heavy (non-hydrogen) atoms. The number of carbonyl (C=O) groups excluding carboxylic acids is 1. The Labute approximate surface area is 201 Å². The Morgan fingerprint density at radius 1 is 1.00 bits per heavy atom. The number of benzene rings is 2. The maximum Gasteiger partial charge on any atom is 0.254 e. The van der Waals surface area contributed by atoms with Crippen molar-refractivity contribution in [1.82, 2.24) is 15.3 Å². The number of carbonyl (C=O) groups is 1. The average Bonchev–Trinajstić information content (AvgIpc) is 2.87. The van der Waals surface area contributed by atoms with Gasteiger partial charge in [-0.25, -0.2) is 9.97 Å². The SMILES string of the molecule is [B]c1ccc(OC)c(CNC(=O)c2cnc(N(CCC)CCOc3ccccc3OC)nc2)c1. The van der Waals surface area contributed by atoms with Gasteiger partial charge >= 0.3 is 0 Å². The maximum atomic E-state index is 12.6. The number of anilines is 1. The van der Waals surface area contributed by atoms with E-state index in [0.717, 1.165) is 18.5 Å². The van der Waals surface area contributed by atoms with E-state index in [0.29, 0.717) is 47.4 Å². The van der Waals surface area contributed by atoms with Gasteiger partial charge in [-0.1, -0.05) is 36.7 Å². The minimum Gasteiger partial charge on any atom is -0.496 e. The molecule has 0 spiro atoms. The van der Waals surface area contributed by atoms with Gasteiger partial charge in [0.05, 0.1) is 26.3 Å². The van der Waals surface area contributed by atoms with Crippen molar-refractivity contribution in [2.45, 2.75) is 19.9 Å². The molecule has 0 aliphatic carbocycles. The van der Waals surface area contributed by atoms with Gasteiger partial charge in [-0.05, 0) is 24.6 Å². The summed E-state index contributed by atoms with van der Waals surface area (Å²) >= 11 is 0. The van der Waals surface area contributed by atoms with E-state index in [9.17, 15) is 4.79 Å². The summed E-state index contributed by atoms with van der Waals surface area (Å²) in [5.74, 6) is 2.29. The van der Waals surface area contributed by atoms with Crippen LogP contribution in [0, 0.1) is 0 Å². The quantitative estimate of drug-likeness (QED) is 0.416. The van der Waals surface area contributed by atoms with Gasteiger partial charge in [-0.3, -0.25) is 4.79 Å². The third kappa shape index (κ3) is 6.63. The Kier molecular flexibility index (Phi) is 9.14. The van der Waals surface area contributed by atoms with Crippen LogP contribution in [0.2, 0.25) is 0 Å². The van der Waals surface area contributed by atoms with Crippen LogP contribution < -0.4 is 29.9 Å². The van der Waals surface area contributed by atoms with E-state index in [4.69, 9.17) is 22.1 Å². The highest BCUT2D eigenvalue weighted by Gasteiger charge is 2.13. The number of hydrogen-bond donors (Lipinski definition) is 1. The number of hydrogen-bond acceptors (Lipinski definition) is 7. The fourth-order valence-corrected chi connectivity index (χ4v) is 3.40. The van der Waals surface area contributed by atoms with E-state index in [1.807, 2.05) is 29.2 Å². The fraction of sp³-hybridized carbons (Fsp3) is 0.320. The van der Waals surface area contributed by atoms with Gasteiger partial charge in [-0.2, -0.15) is 0 Å². The van der Waals surface area contributed by atoms with Crippen LogP contribution in [0.5, 0.6) is 17.2 Å². The molecule has 3 aromatic rings. The second-order valence-electron chi connectivity index (χ2n) is 7.51. The maximum absolute atomic E-state index is 12.6. The van der Waals surface area contributed by atoms with Gasteiger partial charge in [0.2, 0.25) is 5.95 Å². The summed E-state index contributed by atoms with van der Waals surface area (Å²) in [6.07, 6.45) is 3.97. The second kappa shape index (κ2) is 12.5. The normalized spacial score (nSPS) is 10.4. The smallest absolute Gasteiger partial charge is 0.254 e. The van der Waals surface area contributed by atoms with E-state index in [-0.39, 0.29) is 12.5 Å². The molecule has 8 nitrogen and oxygen atoms in total. The number of ether oxygens (including phenoxy) is 3. The lowest BCUT2D eigenvalue weighted by Crippen LogP contribution is -2.31. The van der Waals surface area contributed by atoms with Gasteiger partial charge in [0.25, 0.3) is 5.91 Å². The first-order valence-corrected chi connectivity index (χ1v) is 11.1. The zero-order chi connectivity index (χ0) is 24.3. The van der Waals surface area contributed by atoms with Crippen LogP contribution in [0.4, 0.5) is 5.95 Å². The third-order valence-electron chi connectivity index (χ3n) is 5.11. The molecule has 0 saturated heterocycles. The summed E-state index contributed by atoms with van der Waals surface area (Å²) in [6.45, 7) is 4.15. The Morgan fingerprint density at radius 2 is 1.71 bits per heavy atom. The van der Waals surface area contributed by atoms with Gasteiger partial charge in [0, 0.05) is 31.0 Å².